The Kier molecular flexibility index (Phi) is 3.03. The third kappa shape index (κ3) is 2.13. The van der Waals surface area contributed by atoms with Crippen molar-refractivity contribution in [3.8, 4) is 0 Å². The van der Waals surface area contributed by atoms with E-state index >= 15 is 0 Å². The molecule has 2 rings (SSSR count). The molecule has 1 aliphatic rings. The molecule has 1 aromatic heterocycles. The Bertz CT molecular complexity index is 393. The average molecular weight is 220 g/mol. The van der Waals surface area contributed by atoms with Crippen molar-refractivity contribution in [1.82, 2.24) is 14.9 Å². The van der Waals surface area contributed by atoms with E-state index in [-0.39, 0.29) is 17.4 Å². The molecule has 0 aliphatic carbocycles. The summed E-state index contributed by atoms with van der Waals surface area (Å²) < 4.78 is 0. The first kappa shape index (κ1) is 10.9. The van der Waals surface area contributed by atoms with Gasteiger partial charge in [-0.15, -0.1) is 0 Å². The Balaban J connectivity index is 2.16. The van der Waals surface area contributed by atoms with E-state index < -0.39 is 0 Å². The lowest BCUT2D eigenvalue weighted by molar-refractivity contribution is 0.0678. The molecule has 2 heterocycles. The van der Waals surface area contributed by atoms with Crippen LogP contribution in [0, 0.1) is 5.92 Å². The summed E-state index contributed by atoms with van der Waals surface area (Å²) in [6.45, 7) is 3.73. The van der Waals surface area contributed by atoms with E-state index in [4.69, 9.17) is 5.73 Å². The molecule has 2 N–H and O–H groups in total. The van der Waals surface area contributed by atoms with E-state index in [9.17, 15) is 4.79 Å². The van der Waals surface area contributed by atoms with Gasteiger partial charge in [0, 0.05) is 25.5 Å². The monoisotopic (exact) mass is 220 g/mol. The number of piperidine rings is 1. The summed E-state index contributed by atoms with van der Waals surface area (Å²) >= 11 is 0. The van der Waals surface area contributed by atoms with Gasteiger partial charge in [0.15, 0.2) is 11.5 Å². The second-order valence-corrected chi connectivity index (χ2v) is 4.29. The topological polar surface area (TPSA) is 72.1 Å². The minimum Gasteiger partial charge on any atom is -0.382 e. The van der Waals surface area contributed by atoms with Crippen molar-refractivity contribution in [2.24, 2.45) is 5.92 Å². The number of rotatable bonds is 1. The predicted molar refractivity (Wildman–Crippen MR) is 60.7 cm³/mol. The molecule has 0 bridgehead atoms. The van der Waals surface area contributed by atoms with Gasteiger partial charge in [-0.1, -0.05) is 6.92 Å². The van der Waals surface area contributed by atoms with Gasteiger partial charge in [0.2, 0.25) is 0 Å². The molecule has 86 valence electrons. The highest BCUT2D eigenvalue weighted by atomic mass is 16.2. The second kappa shape index (κ2) is 4.47. The molecule has 5 nitrogen and oxygen atoms in total. The summed E-state index contributed by atoms with van der Waals surface area (Å²) in [5.74, 6) is 0.665. The molecule has 0 radical (unpaired) electrons. The molecule has 0 saturated carbocycles. The van der Waals surface area contributed by atoms with Gasteiger partial charge >= 0.3 is 0 Å². The van der Waals surface area contributed by atoms with Crippen LogP contribution in [0.2, 0.25) is 0 Å². The lowest BCUT2D eigenvalue weighted by Crippen LogP contribution is -2.39. The minimum atomic E-state index is -0.0999. The smallest absolute Gasteiger partial charge is 0.276 e. The first-order valence-electron chi connectivity index (χ1n) is 5.54. The van der Waals surface area contributed by atoms with Crippen LogP contribution in [0.4, 0.5) is 5.82 Å². The first-order valence-corrected chi connectivity index (χ1v) is 5.54. The summed E-state index contributed by atoms with van der Waals surface area (Å²) in [7, 11) is 0. The number of anilines is 1. The Labute approximate surface area is 94.7 Å². The van der Waals surface area contributed by atoms with Crippen molar-refractivity contribution in [3.63, 3.8) is 0 Å². The number of carbonyl (C=O) groups is 1. The molecule has 1 atom stereocenters. The quantitative estimate of drug-likeness (QED) is 0.764. The van der Waals surface area contributed by atoms with Crippen LogP contribution in [0.5, 0.6) is 0 Å². The highest BCUT2D eigenvalue weighted by Gasteiger charge is 2.24. The fourth-order valence-corrected chi connectivity index (χ4v) is 2.04. The van der Waals surface area contributed by atoms with Crippen LogP contribution >= 0.6 is 0 Å². The third-order valence-electron chi connectivity index (χ3n) is 2.87. The highest BCUT2D eigenvalue weighted by molar-refractivity contribution is 5.96. The van der Waals surface area contributed by atoms with Crippen LogP contribution in [0.1, 0.15) is 30.3 Å². The van der Waals surface area contributed by atoms with Crippen LogP contribution in [0.15, 0.2) is 12.4 Å². The van der Waals surface area contributed by atoms with E-state index in [0.29, 0.717) is 5.92 Å². The van der Waals surface area contributed by atoms with Crippen LogP contribution in [0.25, 0.3) is 0 Å². The molecule has 1 aliphatic heterocycles. The number of carbonyl (C=O) groups excluding carboxylic acids is 1. The van der Waals surface area contributed by atoms with Crippen LogP contribution < -0.4 is 5.73 Å². The maximum atomic E-state index is 12.1. The second-order valence-electron chi connectivity index (χ2n) is 4.29. The van der Waals surface area contributed by atoms with Gasteiger partial charge in [0.05, 0.1) is 0 Å². The van der Waals surface area contributed by atoms with E-state index in [1.807, 2.05) is 4.90 Å². The van der Waals surface area contributed by atoms with Crippen molar-refractivity contribution in [3.05, 3.63) is 18.1 Å². The summed E-state index contributed by atoms with van der Waals surface area (Å²) in [5, 5.41) is 0. The zero-order valence-electron chi connectivity index (χ0n) is 9.39. The van der Waals surface area contributed by atoms with Crippen molar-refractivity contribution in [2.45, 2.75) is 19.8 Å². The number of hydrogen-bond donors (Lipinski definition) is 1. The summed E-state index contributed by atoms with van der Waals surface area (Å²) in [4.78, 5) is 21.8. The fraction of sp³-hybridized carbons (Fsp3) is 0.545. The fourth-order valence-electron chi connectivity index (χ4n) is 2.04. The van der Waals surface area contributed by atoms with Crippen molar-refractivity contribution >= 4 is 11.7 Å². The number of hydrogen-bond acceptors (Lipinski definition) is 4. The Morgan fingerprint density at radius 3 is 2.94 bits per heavy atom. The maximum absolute atomic E-state index is 12.1. The average Bonchev–Trinajstić information content (AvgIpc) is 2.29. The van der Waals surface area contributed by atoms with Crippen molar-refractivity contribution in [1.29, 1.82) is 0 Å². The highest BCUT2D eigenvalue weighted by Crippen LogP contribution is 2.18. The van der Waals surface area contributed by atoms with Gasteiger partial charge in [-0.2, -0.15) is 0 Å². The van der Waals surface area contributed by atoms with Crippen LogP contribution in [-0.4, -0.2) is 33.9 Å². The minimum absolute atomic E-state index is 0.0999. The number of aromatic nitrogens is 2. The summed E-state index contributed by atoms with van der Waals surface area (Å²) in [5.41, 5.74) is 5.92. The van der Waals surface area contributed by atoms with Crippen LogP contribution in [-0.2, 0) is 0 Å². The van der Waals surface area contributed by atoms with E-state index in [1.54, 1.807) is 0 Å². The van der Waals surface area contributed by atoms with Gasteiger partial charge in [-0.3, -0.25) is 4.79 Å². The largest absolute Gasteiger partial charge is 0.382 e. The summed E-state index contributed by atoms with van der Waals surface area (Å²) in [6.07, 6.45) is 5.22. The zero-order chi connectivity index (χ0) is 11.5. The Morgan fingerprint density at radius 1 is 1.50 bits per heavy atom. The van der Waals surface area contributed by atoms with Crippen molar-refractivity contribution < 1.29 is 4.79 Å². The number of likely N-dealkylation sites (tertiary alicyclic amines) is 1. The molecule has 0 spiro atoms. The molecular weight excluding hydrogens is 204 g/mol. The molecule has 0 unspecified atom stereocenters. The molecule has 1 saturated heterocycles. The van der Waals surface area contributed by atoms with E-state index in [0.717, 1.165) is 19.5 Å². The van der Waals surface area contributed by atoms with Crippen molar-refractivity contribution in [2.75, 3.05) is 18.8 Å². The molecule has 5 heteroatoms. The van der Waals surface area contributed by atoms with Gasteiger partial charge in [0.25, 0.3) is 5.91 Å². The maximum Gasteiger partial charge on any atom is 0.276 e. The van der Waals surface area contributed by atoms with E-state index in [2.05, 4.69) is 16.9 Å². The lowest BCUT2D eigenvalue weighted by atomic mass is 10.00. The molecule has 1 fully saturated rings. The zero-order valence-corrected chi connectivity index (χ0v) is 9.39. The lowest BCUT2D eigenvalue weighted by Gasteiger charge is -2.30. The Morgan fingerprint density at radius 2 is 2.25 bits per heavy atom. The van der Waals surface area contributed by atoms with Gasteiger partial charge in [-0.25, -0.2) is 9.97 Å². The standard InChI is InChI=1S/C11H16N4O/c1-8-3-2-6-15(7-8)11(16)9-10(12)14-5-4-13-9/h4-5,8H,2-3,6-7H2,1H3,(H2,12,14)/t8-/m0/s1. The first-order chi connectivity index (χ1) is 7.68. The SMILES string of the molecule is C[C@H]1CCCN(C(=O)c2nccnc2N)C1. The molecule has 1 aromatic rings. The number of nitrogens with two attached hydrogens (primary N) is 1. The molecular formula is C11H16N4O. The van der Waals surface area contributed by atoms with Gasteiger partial charge in [0.1, 0.15) is 0 Å². The molecule has 0 aromatic carbocycles. The van der Waals surface area contributed by atoms with E-state index in [1.165, 1.54) is 18.8 Å². The van der Waals surface area contributed by atoms with Gasteiger partial charge in [-0.05, 0) is 18.8 Å². The Hall–Kier alpha value is -1.65. The number of nitrogens with zero attached hydrogens (tertiary/aromatic N) is 3. The van der Waals surface area contributed by atoms with Gasteiger partial charge < -0.3 is 10.6 Å². The van der Waals surface area contributed by atoms with Crippen LogP contribution in [0.3, 0.4) is 0 Å². The third-order valence-corrected chi connectivity index (χ3v) is 2.87. The normalized spacial score (nSPS) is 20.8. The number of amides is 1. The summed E-state index contributed by atoms with van der Waals surface area (Å²) in [6, 6.07) is 0. The predicted octanol–water partition coefficient (Wildman–Crippen LogP) is 0.931. The number of nitrogen functional groups attached to an aromatic ring is 1. The molecule has 16 heavy (non-hydrogen) atoms. The molecule has 1 amide bonds.